The van der Waals surface area contributed by atoms with Crippen molar-refractivity contribution < 1.29 is 27.8 Å². The van der Waals surface area contributed by atoms with Crippen molar-refractivity contribution in [3.05, 3.63) is 65.0 Å². The van der Waals surface area contributed by atoms with Gasteiger partial charge >= 0.3 is 5.97 Å². The van der Waals surface area contributed by atoms with Gasteiger partial charge in [0, 0.05) is 0 Å². The molecular weight excluding hydrogens is 273 g/mol. The van der Waals surface area contributed by atoms with Crippen LogP contribution in [0.1, 0.15) is 15.9 Å². The van der Waals surface area contributed by atoms with Gasteiger partial charge < -0.3 is 9.84 Å². The van der Waals surface area contributed by atoms with Gasteiger partial charge in [-0.3, -0.25) is 0 Å². The van der Waals surface area contributed by atoms with Gasteiger partial charge in [-0.05, 0) is 29.8 Å². The fraction of sp³-hybridized carbons (Fsp3) is 0.0714. The Hall–Kier alpha value is -2.50. The molecule has 0 radical (unpaired) electrons. The second kappa shape index (κ2) is 5.64. The number of carboxylic acids is 1. The molecule has 0 aliphatic rings. The zero-order valence-electron chi connectivity index (χ0n) is 10.1. The summed E-state index contributed by atoms with van der Waals surface area (Å²) in [5, 5.41) is 8.91. The third-order valence-corrected chi connectivity index (χ3v) is 2.56. The molecule has 0 atom stereocenters. The van der Waals surface area contributed by atoms with Crippen LogP contribution < -0.4 is 4.74 Å². The van der Waals surface area contributed by atoms with Crippen LogP contribution >= 0.6 is 0 Å². The van der Waals surface area contributed by atoms with Gasteiger partial charge in [-0.15, -0.1) is 0 Å². The molecule has 2 aromatic rings. The van der Waals surface area contributed by atoms with Crippen molar-refractivity contribution in [2.45, 2.75) is 6.61 Å². The molecule has 0 amide bonds. The molecule has 0 aliphatic carbocycles. The number of halogens is 3. The van der Waals surface area contributed by atoms with Crippen LogP contribution in [-0.4, -0.2) is 11.1 Å². The van der Waals surface area contributed by atoms with Crippen LogP contribution in [0.5, 0.6) is 5.75 Å². The Morgan fingerprint density at radius 2 is 1.80 bits per heavy atom. The molecular formula is C14H9F3O3. The number of benzene rings is 2. The highest BCUT2D eigenvalue weighted by atomic mass is 19.2. The monoisotopic (exact) mass is 282 g/mol. The number of hydrogen-bond acceptors (Lipinski definition) is 2. The Morgan fingerprint density at radius 3 is 2.45 bits per heavy atom. The molecule has 2 aromatic carbocycles. The molecule has 0 aromatic heterocycles. The van der Waals surface area contributed by atoms with E-state index in [9.17, 15) is 18.0 Å². The lowest BCUT2D eigenvalue weighted by molar-refractivity contribution is 0.0690. The minimum atomic E-state index is -1.34. The van der Waals surface area contributed by atoms with E-state index >= 15 is 0 Å². The van der Waals surface area contributed by atoms with Crippen molar-refractivity contribution in [2.24, 2.45) is 0 Å². The number of rotatable bonds is 4. The Morgan fingerprint density at radius 1 is 1.05 bits per heavy atom. The summed E-state index contributed by atoms with van der Waals surface area (Å²) >= 11 is 0. The summed E-state index contributed by atoms with van der Waals surface area (Å²) in [6.07, 6.45) is 0. The Kier molecular flexibility index (Phi) is 3.93. The summed E-state index contributed by atoms with van der Waals surface area (Å²) in [5.41, 5.74) is -0.0870. The van der Waals surface area contributed by atoms with Crippen LogP contribution in [0.25, 0.3) is 0 Å². The van der Waals surface area contributed by atoms with Gasteiger partial charge in [0.25, 0.3) is 0 Å². The van der Waals surface area contributed by atoms with Gasteiger partial charge in [0.15, 0.2) is 23.2 Å². The summed E-state index contributed by atoms with van der Waals surface area (Å²) in [5.74, 6) is -4.69. The summed E-state index contributed by atoms with van der Waals surface area (Å²) < 4.78 is 44.3. The van der Waals surface area contributed by atoms with E-state index in [0.29, 0.717) is 0 Å². The van der Waals surface area contributed by atoms with E-state index in [1.54, 1.807) is 0 Å². The lowest BCUT2D eigenvalue weighted by Crippen LogP contribution is -2.05. The zero-order valence-corrected chi connectivity index (χ0v) is 10.1. The Balaban J connectivity index is 2.22. The van der Waals surface area contributed by atoms with Crippen molar-refractivity contribution in [2.75, 3.05) is 0 Å². The molecule has 1 N–H and O–H groups in total. The van der Waals surface area contributed by atoms with Crippen LogP contribution in [-0.2, 0) is 6.61 Å². The second-order valence-corrected chi connectivity index (χ2v) is 3.96. The Bertz CT molecular complexity index is 656. The van der Waals surface area contributed by atoms with E-state index in [1.165, 1.54) is 18.2 Å². The number of carbonyl (C=O) groups is 1. The summed E-state index contributed by atoms with van der Waals surface area (Å²) in [4.78, 5) is 10.9. The standard InChI is InChI=1S/C14H9F3O3/c15-10-5-4-8(6-12(10)17)7-20-13-9(14(18)19)2-1-3-11(13)16/h1-6H,7H2,(H,18,19). The van der Waals surface area contributed by atoms with Gasteiger partial charge in [-0.1, -0.05) is 12.1 Å². The summed E-state index contributed by atoms with van der Waals surface area (Å²) in [7, 11) is 0. The number of carboxylic acid groups (broad SMARTS) is 1. The highest BCUT2D eigenvalue weighted by Crippen LogP contribution is 2.24. The Labute approximate surface area is 112 Å². The molecule has 0 saturated carbocycles. The fourth-order valence-electron chi connectivity index (χ4n) is 1.61. The number of aromatic carboxylic acids is 1. The minimum Gasteiger partial charge on any atom is -0.485 e. The molecule has 0 saturated heterocycles. The van der Waals surface area contributed by atoms with E-state index in [4.69, 9.17) is 9.84 Å². The molecule has 0 fully saturated rings. The maximum absolute atomic E-state index is 13.5. The molecule has 104 valence electrons. The van der Waals surface area contributed by atoms with Crippen LogP contribution in [0.2, 0.25) is 0 Å². The molecule has 2 rings (SSSR count). The average Bonchev–Trinajstić information content (AvgIpc) is 2.40. The number of ether oxygens (including phenoxy) is 1. The van der Waals surface area contributed by atoms with Crippen molar-refractivity contribution in [1.82, 2.24) is 0 Å². The van der Waals surface area contributed by atoms with E-state index < -0.39 is 29.2 Å². The predicted octanol–water partition coefficient (Wildman–Crippen LogP) is 3.38. The van der Waals surface area contributed by atoms with Crippen molar-refractivity contribution >= 4 is 5.97 Å². The van der Waals surface area contributed by atoms with Gasteiger partial charge in [0.05, 0.1) is 0 Å². The van der Waals surface area contributed by atoms with Gasteiger partial charge in [0.2, 0.25) is 0 Å². The van der Waals surface area contributed by atoms with E-state index in [2.05, 4.69) is 0 Å². The molecule has 0 spiro atoms. The second-order valence-electron chi connectivity index (χ2n) is 3.96. The topological polar surface area (TPSA) is 46.5 Å². The average molecular weight is 282 g/mol. The maximum Gasteiger partial charge on any atom is 0.339 e. The highest BCUT2D eigenvalue weighted by Gasteiger charge is 2.16. The molecule has 3 nitrogen and oxygen atoms in total. The normalized spacial score (nSPS) is 10.3. The fourth-order valence-corrected chi connectivity index (χ4v) is 1.61. The first-order valence-corrected chi connectivity index (χ1v) is 5.57. The van der Waals surface area contributed by atoms with E-state index in [0.717, 1.165) is 18.2 Å². The first kappa shape index (κ1) is 13.9. The number of para-hydroxylation sites is 1. The van der Waals surface area contributed by atoms with E-state index in [-0.39, 0.29) is 17.7 Å². The molecule has 20 heavy (non-hydrogen) atoms. The lowest BCUT2D eigenvalue weighted by atomic mass is 10.2. The third-order valence-electron chi connectivity index (χ3n) is 2.56. The molecule has 0 aliphatic heterocycles. The summed E-state index contributed by atoms with van der Waals surface area (Å²) in [6, 6.07) is 6.55. The zero-order chi connectivity index (χ0) is 14.7. The van der Waals surface area contributed by atoms with Crippen LogP contribution in [0, 0.1) is 17.5 Å². The smallest absolute Gasteiger partial charge is 0.339 e. The first-order valence-electron chi connectivity index (χ1n) is 5.57. The molecule has 6 heteroatoms. The maximum atomic E-state index is 13.5. The number of hydrogen-bond donors (Lipinski definition) is 1. The highest BCUT2D eigenvalue weighted by molar-refractivity contribution is 5.90. The summed E-state index contributed by atoms with van der Waals surface area (Å²) in [6.45, 7) is -0.279. The van der Waals surface area contributed by atoms with Crippen LogP contribution in [0.4, 0.5) is 13.2 Å². The van der Waals surface area contributed by atoms with Gasteiger partial charge in [-0.2, -0.15) is 0 Å². The predicted molar refractivity (Wildman–Crippen MR) is 64.0 cm³/mol. The quantitative estimate of drug-likeness (QED) is 0.935. The van der Waals surface area contributed by atoms with Crippen molar-refractivity contribution in [3.63, 3.8) is 0 Å². The van der Waals surface area contributed by atoms with Crippen molar-refractivity contribution in [3.8, 4) is 5.75 Å². The lowest BCUT2D eigenvalue weighted by Gasteiger charge is -2.10. The molecule has 0 heterocycles. The van der Waals surface area contributed by atoms with Crippen molar-refractivity contribution in [1.29, 1.82) is 0 Å². The minimum absolute atomic E-state index is 0.253. The largest absolute Gasteiger partial charge is 0.485 e. The third kappa shape index (κ3) is 2.90. The van der Waals surface area contributed by atoms with Crippen LogP contribution in [0.15, 0.2) is 36.4 Å². The van der Waals surface area contributed by atoms with E-state index in [1.807, 2.05) is 0 Å². The molecule has 0 unspecified atom stereocenters. The molecule has 0 bridgehead atoms. The van der Waals surface area contributed by atoms with Crippen LogP contribution in [0.3, 0.4) is 0 Å². The first-order chi connectivity index (χ1) is 9.49. The SMILES string of the molecule is O=C(O)c1cccc(F)c1OCc1ccc(F)c(F)c1. The van der Waals surface area contributed by atoms with Gasteiger partial charge in [0.1, 0.15) is 12.2 Å². The van der Waals surface area contributed by atoms with Gasteiger partial charge in [-0.25, -0.2) is 18.0 Å².